The van der Waals surface area contributed by atoms with Crippen molar-refractivity contribution in [1.82, 2.24) is 0 Å². The van der Waals surface area contributed by atoms with Crippen molar-refractivity contribution >= 4 is 5.78 Å². The summed E-state index contributed by atoms with van der Waals surface area (Å²) in [4.78, 5) is 11.9. The van der Waals surface area contributed by atoms with E-state index < -0.39 is 0 Å². The van der Waals surface area contributed by atoms with E-state index >= 15 is 0 Å². The van der Waals surface area contributed by atoms with E-state index in [1.807, 2.05) is 0 Å². The van der Waals surface area contributed by atoms with E-state index in [1.54, 1.807) is 0 Å². The van der Waals surface area contributed by atoms with Gasteiger partial charge in [-0.1, -0.05) is 13.8 Å². The largest absolute Gasteiger partial charge is 0.393 e. The van der Waals surface area contributed by atoms with Gasteiger partial charge in [0.05, 0.1) is 12.2 Å². The average Bonchev–Trinajstić information content (AvgIpc) is 2.76. The van der Waals surface area contributed by atoms with Gasteiger partial charge in [-0.2, -0.15) is 0 Å². The van der Waals surface area contributed by atoms with E-state index in [1.165, 1.54) is 12.8 Å². The maximum atomic E-state index is 11.9. The molecule has 124 valence electrons. The van der Waals surface area contributed by atoms with Crippen molar-refractivity contribution in [2.45, 2.75) is 77.4 Å². The first-order chi connectivity index (χ1) is 10.3. The first-order valence-electron chi connectivity index (χ1n) is 9.21. The number of ketones is 1. The molecular formula is C19H30O3. The molecule has 0 aliphatic heterocycles. The summed E-state index contributed by atoms with van der Waals surface area (Å²) < 4.78 is 0. The highest BCUT2D eigenvalue weighted by molar-refractivity contribution is 5.79. The van der Waals surface area contributed by atoms with Crippen LogP contribution in [0.1, 0.15) is 65.2 Å². The van der Waals surface area contributed by atoms with Crippen LogP contribution < -0.4 is 0 Å². The number of Topliss-reactive ketones (excluding diaryl/α,β-unsaturated/α-hetero) is 1. The SMILES string of the molecule is CC12CCC3C(CC(O)[C@H]4CC(=O)CCC34C)C1CC(O)C2. The lowest BCUT2D eigenvalue weighted by Crippen LogP contribution is -2.57. The maximum Gasteiger partial charge on any atom is 0.133 e. The van der Waals surface area contributed by atoms with Gasteiger partial charge in [0, 0.05) is 12.8 Å². The summed E-state index contributed by atoms with van der Waals surface area (Å²) >= 11 is 0. The molecule has 0 aromatic carbocycles. The van der Waals surface area contributed by atoms with Crippen molar-refractivity contribution in [2.75, 3.05) is 0 Å². The minimum atomic E-state index is -0.324. The Kier molecular flexibility index (Phi) is 3.30. The summed E-state index contributed by atoms with van der Waals surface area (Å²) in [6.07, 6.45) is 6.92. The van der Waals surface area contributed by atoms with Gasteiger partial charge in [0.15, 0.2) is 0 Å². The molecule has 4 aliphatic carbocycles. The topological polar surface area (TPSA) is 57.5 Å². The molecule has 0 bridgehead atoms. The summed E-state index contributed by atoms with van der Waals surface area (Å²) in [6.45, 7) is 4.70. The lowest BCUT2D eigenvalue weighted by atomic mass is 9.45. The number of fused-ring (bicyclic) bond motifs is 5. The predicted molar refractivity (Wildman–Crippen MR) is 84.1 cm³/mol. The van der Waals surface area contributed by atoms with E-state index in [2.05, 4.69) is 13.8 Å². The van der Waals surface area contributed by atoms with Crippen LogP contribution >= 0.6 is 0 Å². The molecule has 0 aromatic rings. The minimum Gasteiger partial charge on any atom is -0.393 e. The third-order valence-corrected chi connectivity index (χ3v) is 8.25. The Morgan fingerprint density at radius 3 is 2.59 bits per heavy atom. The number of carbonyl (C=O) groups is 1. The van der Waals surface area contributed by atoms with E-state index in [0.29, 0.717) is 36.4 Å². The Balaban J connectivity index is 1.67. The van der Waals surface area contributed by atoms with Crippen molar-refractivity contribution in [1.29, 1.82) is 0 Å². The number of aliphatic hydroxyl groups is 2. The van der Waals surface area contributed by atoms with Gasteiger partial charge in [0.2, 0.25) is 0 Å². The molecule has 0 amide bonds. The van der Waals surface area contributed by atoms with Crippen LogP contribution in [-0.4, -0.2) is 28.2 Å². The van der Waals surface area contributed by atoms with Crippen LogP contribution in [0.3, 0.4) is 0 Å². The lowest BCUT2D eigenvalue weighted by Gasteiger charge is -2.60. The van der Waals surface area contributed by atoms with Gasteiger partial charge in [-0.3, -0.25) is 4.79 Å². The summed E-state index contributed by atoms with van der Waals surface area (Å²) in [6, 6.07) is 0. The summed E-state index contributed by atoms with van der Waals surface area (Å²) in [7, 11) is 0. The fourth-order valence-corrected chi connectivity index (χ4v) is 7.11. The van der Waals surface area contributed by atoms with Crippen molar-refractivity contribution in [3.05, 3.63) is 0 Å². The zero-order chi connectivity index (χ0) is 15.7. The molecule has 4 aliphatic rings. The van der Waals surface area contributed by atoms with Crippen molar-refractivity contribution < 1.29 is 15.0 Å². The maximum absolute atomic E-state index is 11.9. The van der Waals surface area contributed by atoms with Gasteiger partial charge >= 0.3 is 0 Å². The molecule has 8 atom stereocenters. The van der Waals surface area contributed by atoms with Crippen molar-refractivity contribution in [3.63, 3.8) is 0 Å². The lowest BCUT2D eigenvalue weighted by molar-refractivity contribution is -0.162. The molecule has 22 heavy (non-hydrogen) atoms. The molecule has 0 aromatic heterocycles. The second-order valence-electron chi connectivity index (χ2n) is 9.32. The van der Waals surface area contributed by atoms with Crippen LogP contribution in [0.4, 0.5) is 0 Å². The zero-order valence-corrected chi connectivity index (χ0v) is 13.9. The number of hydrogen-bond donors (Lipinski definition) is 2. The number of hydrogen-bond acceptors (Lipinski definition) is 3. The van der Waals surface area contributed by atoms with Gasteiger partial charge in [0.25, 0.3) is 0 Å². The summed E-state index contributed by atoms with van der Waals surface area (Å²) in [5.41, 5.74) is 0.402. The highest BCUT2D eigenvalue weighted by Crippen LogP contribution is 2.65. The van der Waals surface area contributed by atoms with Crippen LogP contribution in [0.5, 0.6) is 0 Å². The number of aliphatic hydroxyl groups excluding tert-OH is 2. The number of carbonyl (C=O) groups excluding carboxylic acids is 1. The fourth-order valence-electron chi connectivity index (χ4n) is 7.11. The Morgan fingerprint density at radius 1 is 1.05 bits per heavy atom. The molecular weight excluding hydrogens is 276 g/mol. The first-order valence-corrected chi connectivity index (χ1v) is 9.21. The van der Waals surface area contributed by atoms with Gasteiger partial charge in [0.1, 0.15) is 5.78 Å². The fraction of sp³-hybridized carbons (Fsp3) is 0.947. The van der Waals surface area contributed by atoms with Crippen LogP contribution in [0.25, 0.3) is 0 Å². The summed E-state index contributed by atoms with van der Waals surface area (Å²) in [5.74, 6) is 2.26. The smallest absolute Gasteiger partial charge is 0.133 e. The van der Waals surface area contributed by atoms with Crippen LogP contribution in [0, 0.1) is 34.5 Å². The highest BCUT2D eigenvalue weighted by atomic mass is 16.3. The molecule has 0 saturated heterocycles. The third kappa shape index (κ3) is 1.97. The van der Waals surface area contributed by atoms with E-state index in [9.17, 15) is 15.0 Å². The Labute approximate surface area is 133 Å². The molecule has 7 unspecified atom stereocenters. The molecule has 3 nitrogen and oxygen atoms in total. The van der Waals surface area contributed by atoms with E-state index in [4.69, 9.17) is 0 Å². The number of rotatable bonds is 0. The van der Waals surface area contributed by atoms with Gasteiger partial charge in [-0.15, -0.1) is 0 Å². The highest BCUT2D eigenvalue weighted by Gasteiger charge is 2.61. The van der Waals surface area contributed by atoms with Crippen LogP contribution in [0.2, 0.25) is 0 Å². The molecule has 4 rings (SSSR count). The quantitative estimate of drug-likeness (QED) is 0.723. The van der Waals surface area contributed by atoms with Crippen molar-refractivity contribution in [3.8, 4) is 0 Å². The Morgan fingerprint density at radius 2 is 1.82 bits per heavy atom. The normalized spacial score (nSPS) is 57.9. The molecule has 4 fully saturated rings. The molecule has 0 heterocycles. The standard InChI is InChI=1S/C19H30O3/c1-18-5-4-14-13(15(18)8-12(21)10-18)9-17(22)16-7-11(20)3-6-19(14,16)2/h12-17,21-22H,3-10H2,1-2H3/t12?,13?,14?,15?,16-,17?,18?,19?/m1/s1. The Hall–Kier alpha value is -0.410. The van der Waals surface area contributed by atoms with Crippen LogP contribution in [-0.2, 0) is 4.79 Å². The minimum absolute atomic E-state index is 0.130. The average molecular weight is 306 g/mol. The second-order valence-corrected chi connectivity index (χ2v) is 9.32. The molecule has 0 radical (unpaired) electrons. The monoisotopic (exact) mass is 306 g/mol. The summed E-state index contributed by atoms with van der Waals surface area (Å²) in [5, 5.41) is 21.0. The molecule has 2 N–H and O–H groups in total. The van der Waals surface area contributed by atoms with E-state index in [-0.39, 0.29) is 29.0 Å². The van der Waals surface area contributed by atoms with Gasteiger partial charge in [-0.25, -0.2) is 0 Å². The van der Waals surface area contributed by atoms with E-state index in [0.717, 1.165) is 25.7 Å². The molecule has 4 saturated carbocycles. The molecule has 0 spiro atoms. The Bertz CT molecular complexity index is 489. The first kappa shape index (κ1) is 15.1. The molecule has 3 heteroatoms. The van der Waals surface area contributed by atoms with Crippen molar-refractivity contribution in [2.24, 2.45) is 34.5 Å². The van der Waals surface area contributed by atoms with Gasteiger partial charge < -0.3 is 10.2 Å². The predicted octanol–water partition coefficient (Wildman–Crippen LogP) is 2.93. The van der Waals surface area contributed by atoms with Crippen LogP contribution in [0.15, 0.2) is 0 Å². The van der Waals surface area contributed by atoms with Gasteiger partial charge in [-0.05, 0) is 73.0 Å². The zero-order valence-electron chi connectivity index (χ0n) is 13.9. The second kappa shape index (κ2) is 4.80. The third-order valence-electron chi connectivity index (χ3n) is 8.25.